The lowest BCUT2D eigenvalue weighted by atomic mass is 10.1. The fourth-order valence-electron chi connectivity index (χ4n) is 3.63. The third kappa shape index (κ3) is 4.45. The van der Waals surface area contributed by atoms with Gasteiger partial charge in [0.25, 0.3) is 5.91 Å². The third-order valence-electron chi connectivity index (χ3n) is 5.28. The zero-order valence-electron chi connectivity index (χ0n) is 16.5. The van der Waals surface area contributed by atoms with Gasteiger partial charge in [0, 0.05) is 32.7 Å². The molecule has 4 rings (SSSR count). The molecule has 0 unspecified atom stereocenters. The molecule has 6 nitrogen and oxygen atoms in total. The average Bonchev–Trinajstić information content (AvgIpc) is 3.21. The van der Waals surface area contributed by atoms with E-state index in [0.717, 1.165) is 36.7 Å². The molecular weight excluding hydrogens is 375 g/mol. The van der Waals surface area contributed by atoms with Crippen molar-refractivity contribution in [2.45, 2.75) is 26.0 Å². The number of amides is 1. The third-order valence-corrected chi connectivity index (χ3v) is 5.28. The lowest BCUT2D eigenvalue weighted by Crippen LogP contribution is -2.52. The van der Waals surface area contributed by atoms with Crippen LogP contribution in [0, 0.1) is 5.82 Å². The number of halogens is 1. The topological polar surface area (TPSA) is 51.2 Å². The second kappa shape index (κ2) is 8.69. The van der Waals surface area contributed by atoms with Crippen molar-refractivity contribution >= 4 is 5.91 Å². The summed E-state index contributed by atoms with van der Waals surface area (Å²) in [5, 5.41) is 0. The molecule has 2 aliphatic rings. The molecule has 2 heterocycles. The molecule has 1 atom stereocenters. The molecule has 1 amide bonds. The second-order valence-electron chi connectivity index (χ2n) is 7.23. The van der Waals surface area contributed by atoms with Gasteiger partial charge in [0.05, 0.1) is 0 Å². The summed E-state index contributed by atoms with van der Waals surface area (Å²) in [5.74, 6) is 1.15. The van der Waals surface area contributed by atoms with Crippen LogP contribution in [0.5, 0.6) is 17.2 Å². The number of piperazine rings is 1. The molecule has 0 saturated carbocycles. The molecular formula is C22H25FN2O4. The minimum absolute atomic E-state index is 0.0847. The molecule has 0 aliphatic carbocycles. The first-order valence-electron chi connectivity index (χ1n) is 9.95. The second-order valence-corrected chi connectivity index (χ2v) is 7.23. The van der Waals surface area contributed by atoms with Crippen molar-refractivity contribution in [3.8, 4) is 17.2 Å². The van der Waals surface area contributed by atoms with Crippen LogP contribution in [0.2, 0.25) is 0 Å². The molecule has 1 saturated heterocycles. The Kier molecular flexibility index (Phi) is 5.85. The van der Waals surface area contributed by atoms with E-state index in [1.807, 2.05) is 30.0 Å². The van der Waals surface area contributed by atoms with Gasteiger partial charge in [0.2, 0.25) is 6.79 Å². The quantitative estimate of drug-likeness (QED) is 0.746. The van der Waals surface area contributed by atoms with Gasteiger partial charge in [-0.1, -0.05) is 25.1 Å². The number of ether oxygens (including phenoxy) is 3. The minimum atomic E-state index is -0.674. The molecule has 0 bridgehead atoms. The van der Waals surface area contributed by atoms with Crippen molar-refractivity contribution in [1.29, 1.82) is 0 Å². The predicted molar refractivity (Wildman–Crippen MR) is 106 cm³/mol. The van der Waals surface area contributed by atoms with Crippen molar-refractivity contribution in [3.05, 3.63) is 53.8 Å². The van der Waals surface area contributed by atoms with Crippen LogP contribution in [-0.2, 0) is 11.3 Å². The maximum Gasteiger partial charge on any atom is 0.263 e. The zero-order chi connectivity index (χ0) is 20.2. The SMILES string of the molecule is CC[C@@H](Oc1ccccc1F)C(=O)N1CCN(Cc2ccc3c(c2)OCO3)CC1. The highest BCUT2D eigenvalue weighted by atomic mass is 19.1. The summed E-state index contributed by atoms with van der Waals surface area (Å²) < 4.78 is 30.3. The van der Waals surface area contributed by atoms with E-state index in [-0.39, 0.29) is 18.4 Å². The Morgan fingerprint density at radius 2 is 1.86 bits per heavy atom. The van der Waals surface area contributed by atoms with Gasteiger partial charge in [0.1, 0.15) is 0 Å². The van der Waals surface area contributed by atoms with Crippen LogP contribution in [0.1, 0.15) is 18.9 Å². The summed E-state index contributed by atoms with van der Waals surface area (Å²) in [5.41, 5.74) is 1.16. The molecule has 2 aromatic carbocycles. The number of para-hydroxylation sites is 1. The molecule has 0 spiro atoms. The summed E-state index contributed by atoms with van der Waals surface area (Å²) in [7, 11) is 0. The van der Waals surface area contributed by atoms with E-state index in [0.29, 0.717) is 19.5 Å². The largest absolute Gasteiger partial charge is 0.478 e. The number of nitrogens with zero attached hydrogens (tertiary/aromatic N) is 2. The Hall–Kier alpha value is -2.80. The fraction of sp³-hybridized carbons (Fsp3) is 0.409. The Balaban J connectivity index is 1.31. The Morgan fingerprint density at radius 3 is 2.62 bits per heavy atom. The summed E-state index contributed by atoms with van der Waals surface area (Å²) in [6.07, 6.45) is -0.183. The number of fused-ring (bicyclic) bond motifs is 1. The number of benzene rings is 2. The first-order chi connectivity index (χ1) is 14.1. The molecule has 0 aromatic heterocycles. The highest BCUT2D eigenvalue weighted by molar-refractivity contribution is 5.81. The van der Waals surface area contributed by atoms with Crippen molar-refractivity contribution in [1.82, 2.24) is 9.80 Å². The standard InChI is InChI=1S/C22H25FN2O4/c1-2-18(29-19-6-4-3-5-17(19)23)22(26)25-11-9-24(10-12-25)14-16-7-8-20-21(13-16)28-15-27-20/h3-8,13,18H,2,9-12,14-15H2,1H3/t18-/m1/s1. The van der Waals surface area contributed by atoms with Crippen molar-refractivity contribution < 1.29 is 23.4 Å². The van der Waals surface area contributed by atoms with E-state index < -0.39 is 11.9 Å². The highest BCUT2D eigenvalue weighted by Gasteiger charge is 2.28. The van der Waals surface area contributed by atoms with E-state index >= 15 is 0 Å². The van der Waals surface area contributed by atoms with Crippen LogP contribution >= 0.6 is 0 Å². The molecule has 0 radical (unpaired) electrons. The Labute approximate surface area is 169 Å². The number of hydrogen-bond acceptors (Lipinski definition) is 5. The van der Waals surface area contributed by atoms with E-state index in [4.69, 9.17) is 14.2 Å². The maximum atomic E-state index is 13.9. The van der Waals surface area contributed by atoms with E-state index in [1.165, 1.54) is 6.07 Å². The van der Waals surface area contributed by atoms with Crippen LogP contribution < -0.4 is 14.2 Å². The van der Waals surface area contributed by atoms with Gasteiger partial charge in [-0.25, -0.2) is 4.39 Å². The van der Waals surface area contributed by atoms with Crippen LogP contribution in [0.4, 0.5) is 4.39 Å². The van der Waals surface area contributed by atoms with Crippen LogP contribution in [0.25, 0.3) is 0 Å². The first kappa shape index (κ1) is 19.5. The van der Waals surface area contributed by atoms with Gasteiger partial charge < -0.3 is 19.1 Å². The van der Waals surface area contributed by atoms with Gasteiger partial charge in [-0.15, -0.1) is 0 Å². The summed E-state index contributed by atoms with van der Waals surface area (Å²) >= 11 is 0. The number of hydrogen-bond donors (Lipinski definition) is 0. The van der Waals surface area contributed by atoms with Crippen LogP contribution in [-0.4, -0.2) is 54.8 Å². The summed E-state index contributed by atoms with van der Waals surface area (Å²) in [4.78, 5) is 17.0. The predicted octanol–water partition coefficient (Wildman–Crippen LogP) is 3.06. The minimum Gasteiger partial charge on any atom is -0.478 e. The molecule has 2 aromatic rings. The molecule has 7 heteroatoms. The first-order valence-corrected chi connectivity index (χ1v) is 9.95. The number of rotatable bonds is 6. The van der Waals surface area contributed by atoms with Crippen molar-refractivity contribution in [2.75, 3.05) is 33.0 Å². The molecule has 29 heavy (non-hydrogen) atoms. The normalized spacial score (nSPS) is 17.2. The van der Waals surface area contributed by atoms with E-state index in [2.05, 4.69) is 4.90 Å². The van der Waals surface area contributed by atoms with Gasteiger partial charge in [0.15, 0.2) is 29.2 Å². The smallest absolute Gasteiger partial charge is 0.263 e. The van der Waals surface area contributed by atoms with Gasteiger partial charge in [-0.2, -0.15) is 0 Å². The molecule has 2 aliphatic heterocycles. The monoisotopic (exact) mass is 400 g/mol. The Morgan fingerprint density at radius 1 is 1.10 bits per heavy atom. The van der Waals surface area contributed by atoms with E-state index in [9.17, 15) is 9.18 Å². The van der Waals surface area contributed by atoms with Gasteiger partial charge in [-0.3, -0.25) is 9.69 Å². The molecule has 154 valence electrons. The maximum absolute atomic E-state index is 13.9. The molecule has 1 fully saturated rings. The van der Waals surface area contributed by atoms with Crippen molar-refractivity contribution in [2.24, 2.45) is 0 Å². The summed E-state index contributed by atoms with van der Waals surface area (Å²) in [6.45, 7) is 5.74. The molecule has 0 N–H and O–H groups in total. The van der Waals surface area contributed by atoms with Gasteiger partial charge >= 0.3 is 0 Å². The van der Waals surface area contributed by atoms with Gasteiger partial charge in [-0.05, 0) is 36.2 Å². The van der Waals surface area contributed by atoms with Crippen molar-refractivity contribution in [3.63, 3.8) is 0 Å². The van der Waals surface area contributed by atoms with E-state index in [1.54, 1.807) is 18.2 Å². The van der Waals surface area contributed by atoms with Crippen LogP contribution in [0.15, 0.2) is 42.5 Å². The Bertz CT molecular complexity index is 868. The summed E-state index contributed by atoms with van der Waals surface area (Å²) in [6, 6.07) is 12.2. The average molecular weight is 400 g/mol. The fourth-order valence-corrected chi connectivity index (χ4v) is 3.63. The number of carbonyl (C=O) groups excluding carboxylic acids is 1. The zero-order valence-corrected chi connectivity index (χ0v) is 16.5. The lowest BCUT2D eigenvalue weighted by molar-refractivity contribution is -0.140. The number of carbonyl (C=O) groups is 1. The van der Waals surface area contributed by atoms with Crippen LogP contribution in [0.3, 0.4) is 0 Å². The lowest BCUT2D eigenvalue weighted by Gasteiger charge is -2.36. The highest BCUT2D eigenvalue weighted by Crippen LogP contribution is 2.32.